The van der Waals surface area contributed by atoms with Crippen LogP contribution in [0.25, 0.3) is 0 Å². The molecule has 1 aromatic heterocycles. The van der Waals surface area contributed by atoms with Crippen molar-refractivity contribution in [3.8, 4) is 12.1 Å². The Labute approximate surface area is 175 Å². The largest absolute Gasteiger partial charge is 0.284 e. The number of hydrogen-bond donors (Lipinski definition) is 0. The van der Waals surface area contributed by atoms with Crippen molar-refractivity contribution in [3.63, 3.8) is 0 Å². The molecule has 0 unspecified atom stereocenters. The zero-order valence-corrected chi connectivity index (χ0v) is 16.5. The second-order valence-corrected chi connectivity index (χ2v) is 8.70. The average Bonchev–Trinajstić information content (AvgIpc) is 3.15. The van der Waals surface area contributed by atoms with Crippen LogP contribution in [0.2, 0.25) is 0 Å². The molecule has 13 heteroatoms. The Morgan fingerprint density at radius 3 is 1.59 bits per heavy atom. The number of benzene rings is 2. The summed E-state index contributed by atoms with van der Waals surface area (Å²) in [5.74, 6) is 0. The summed E-state index contributed by atoms with van der Waals surface area (Å²) in [6.07, 6.45) is 0. The fourth-order valence-corrected chi connectivity index (χ4v) is 5.20. The summed E-state index contributed by atoms with van der Waals surface area (Å²) in [4.78, 5) is 21.9. The third-order valence-electron chi connectivity index (χ3n) is 3.35. The fraction of sp³-hybridized carbons (Fsp3) is 0. The maximum absolute atomic E-state index is 11.2. The molecule has 0 N–H and O–H groups in total. The predicted molar refractivity (Wildman–Crippen MR) is 104 cm³/mol. The summed E-state index contributed by atoms with van der Waals surface area (Å²) < 4.78 is 0.799. The van der Waals surface area contributed by atoms with Gasteiger partial charge in [0.15, 0.2) is 8.68 Å². The number of rotatable bonds is 6. The molecule has 0 saturated carbocycles. The minimum Gasteiger partial charge on any atom is -0.258 e. The van der Waals surface area contributed by atoms with Crippen LogP contribution in [-0.4, -0.2) is 20.0 Å². The molecule has 0 spiro atoms. The van der Waals surface area contributed by atoms with Gasteiger partial charge in [-0.25, -0.2) is 0 Å². The summed E-state index contributed by atoms with van der Waals surface area (Å²) in [6, 6.07) is 11.9. The molecular weight excluding hydrogens is 436 g/mol. The molecule has 29 heavy (non-hydrogen) atoms. The quantitative estimate of drug-likeness (QED) is 0.395. The monoisotopic (exact) mass is 442 g/mol. The summed E-state index contributed by atoms with van der Waals surface area (Å²) in [6.45, 7) is 0. The van der Waals surface area contributed by atoms with Crippen LogP contribution >= 0.6 is 34.9 Å². The van der Waals surface area contributed by atoms with Gasteiger partial charge in [-0.3, -0.25) is 20.2 Å². The van der Waals surface area contributed by atoms with Crippen LogP contribution in [0.3, 0.4) is 0 Å². The first kappa shape index (κ1) is 20.2. The summed E-state index contributed by atoms with van der Waals surface area (Å²) in [5, 5.41) is 48.2. The maximum Gasteiger partial charge on any atom is 0.284 e. The van der Waals surface area contributed by atoms with E-state index in [0.717, 1.165) is 34.9 Å². The van der Waals surface area contributed by atoms with E-state index in [9.17, 15) is 20.2 Å². The first-order chi connectivity index (χ1) is 13.9. The highest BCUT2D eigenvalue weighted by Gasteiger charge is 2.20. The van der Waals surface area contributed by atoms with E-state index in [1.165, 1.54) is 36.4 Å². The minimum atomic E-state index is -0.583. The molecule has 1 heterocycles. The molecule has 0 aliphatic heterocycles. The van der Waals surface area contributed by atoms with Gasteiger partial charge in [0, 0.05) is 12.1 Å². The highest BCUT2D eigenvalue weighted by atomic mass is 32.2. The van der Waals surface area contributed by atoms with Gasteiger partial charge in [-0.2, -0.15) is 10.5 Å². The molecular formula is C16H6N6O4S3. The molecule has 0 amide bonds. The van der Waals surface area contributed by atoms with Crippen molar-refractivity contribution in [2.24, 2.45) is 0 Å². The molecule has 142 valence electrons. The van der Waals surface area contributed by atoms with Gasteiger partial charge in [0.25, 0.3) is 11.4 Å². The van der Waals surface area contributed by atoms with Crippen LogP contribution in [0.15, 0.2) is 54.9 Å². The Morgan fingerprint density at radius 2 is 1.24 bits per heavy atom. The zero-order valence-electron chi connectivity index (χ0n) is 14.0. The average molecular weight is 442 g/mol. The first-order valence-corrected chi connectivity index (χ1v) is 9.92. The van der Waals surface area contributed by atoms with Crippen LogP contribution in [0.5, 0.6) is 0 Å². The lowest BCUT2D eigenvalue weighted by atomic mass is 10.2. The van der Waals surface area contributed by atoms with Crippen molar-refractivity contribution in [1.82, 2.24) is 10.2 Å². The Bertz CT molecular complexity index is 1120. The van der Waals surface area contributed by atoms with Gasteiger partial charge in [0.1, 0.15) is 0 Å². The van der Waals surface area contributed by atoms with Gasteiger partial charge in [-0.05, 0) is 24.3 Å². The number of nitrogens with zero attached hydrogens (tertiary/aromatic N) is 6. The van der Waals surface area contributed by atoms with Crippen LogP contribution in [0.4, 0.5) is 11.4 Å². The van der Waals surface area contributed by atoms with Crippen molar-refractivity contribution >= 4 is 46.2 Å². The SMILES string of the molecule is N#Cc1ccc(Sc2nnc(Sc3ccc(C#N)cc3[N+](=O)[O-])s2)c([N+](=O)[O-])c1. The molecule has 0 atom stereocenters. The van der Waals surface area contributed by atoms with Gasteiger partial charge in [-0.1, -0.05) is 34.9 Å². The highest BCUT2D eigenvalue weighted by molar-refractivity contribution is 8.03. The van der Waals surface area contributed by atoms with Gasteiger partial charge >= 0.3 is 0 Å². The second kappa shape index (κ2) is 8.66. The smallest absolute Gasteiger partial charge is 0.258 e. The molecule has 2 aromatic carbocycles. The lowest BCUT2D eigenvalue weighted by molar-refractivity contribution is -0.387. The zero-order chi connectivity index (χ0) is 21.0. The third-order valence-corrected chi connectivity index (χ3v) is 6.51. The van der Waals surface area contributed by atoms with Crippen molar-refractivity contribution in [2.75, 3.05) is 0 Å². The molecule has 3 aromatic rings. The lowest BCUT2D eigenvalue weighted by Gasteiger charge is -2.00. The van der Waals surface area contributed by atoms with E-state index in [-0.39, 0.29) is 22.5 Å². The van der Waals surface area contributed by atoms with E-state index in [2.05, 4.69) is 10.2 Å². The Kier molecular flexibility index (Phi) is 6.04. The van der Waals surface area contributed by atoms with Crippen LogP contribution in [0, 0.1) is 42.9 Å². The van der Waals surface area contributed by atoms with Crippen LogP contribution in [0.1, 0.15) is 11.1 Å². The third kappa shape index (κ3) is 4.67. The molecule has 0 bridgehead atoms. The standard InChI is InChI=1S/C16H6N6O4S3/c17-7-9-1-3-13(11(5-9)21(23)24)27-15-19-20-16(29-15)28-14-4-2-10(8-18)6-12(14)22(25)26/h1-6H. The lowest BCUT2D eigenvalue weighted by Crippen LogP contribution is -1.91. The molecule has 10 nitrogen and oxygen atoms in total. The van der Waals surface area contributed by atoms with Gasteiger partial charge in [-0.15, -0.1) is 10.2 Å². The number of nitro benzene ring substituents is 2. The van der Waals surface area contributed by atoms with E-state index < -0.39 is 9.85 Å². The number of aromatic nitrogens is 2. The van der Waals surface area contributed by atoms with E-state index in [0.29, 0.717) is 18.5 Å². The first-order valence-electron chi connectivity index (χ1n) is 7.47. The normalized spacial score (nSPS) is 10.1. The van der Waals surface area contributed by atoms with Gasteiger partial charge < -0.3 is 0 Å². The summed E-state index contributed by atoms with van der Waals surface area (Å²) >= 11 is 3.14. The van der Waals surface area contributed by atoms with E-state index >= 15 is 0 Å². The molecule has 0 fully saturated rings. The maximum atomic E-state index is 11.2. The summed E-state index contributed by atoms with van der Waals surface area (Å²) in [5.41, 5.74) is -0.104. The molecule has 0 aliphatic carbocycles. The number of nitro groups is 2. The van der Waals surface area contributed by atoms with Gasteiger partial charge in [0.2, 0.25) is 0 Å². The number of nitriles is 2. The summed E-state index contributed by atoms with van der Waals surface area (Å²) in [7, 11) is 0. The van der Waals surface area contributed by atoms with Crippen molar-refractivity contribution in [2.45, 2.75) is 18.5 Å². The molecule has 3 rings (SSSR count). The predicted octanol–water partition coefficient (Wildman–Crippen LogP) is 4.40. The molecule has 0 saturated heterocycles. The van der Waals surface area contributed by atoms with Crippen molar-refractivity contribution in [3.05, 3.63) is 67.8 Å². The van der Waals surface area contributed by atoms with Gasteiger partial charge in [0.05, 0.1) is 42.9 Å². The molecule has 0 aliphatic rings. The van der Waals surface area contributed by atoms with E-state index in [1.807, 2.05) is 12.1 Å². The van der Waals surface area contributed by atoms with Crippen LogP contribution in [-0.2, 0) is 0 Å². The topological polar surface area (TPSA) is 160 Å². The van der Waals surface area contributed by atoms with Crippen LogP contribution < -0.4 is 0 Å². The number of hydrogen-bond acceptors (Lipinski definition) is 11. The minimum absolute atomic E-state index is 0.169. The van der Waals surface area contributed by atoms with Crippen molar-refractivity contribution in [1.29, 1.82) is 10.5 Å². The Morgan fingerprint density at radius 1 is 0.828 bits per heavy atom. The Balaban J connectivity index is 1.85. The van der Waals surface area contributed by atoms with Crippen molar-refractivity contribution < 1.29 is 9.85 Å². The van der Waals surface area contributed by atoms with E-state index in [4.69, 9.17) is 10.5 Å². The molecule has 0 radical (unpaired) electrons. The fourth-order valence-electron chi connectivity index (χ4n) is 2.10. The highest BCUT2D eigenvalue weighted by Crippen LogP contribution is 2.41. The van der Waals surface area contributed by atoms with E-state index in [1.54, 1.807) is 0 Å². The Hall–Kier alpha value is -3.52. The second-order valence-electron chi connectivity index (χ2n) is 5.14.